The molecule has 2 aromatic heterocycles. The SMILES string of the molecule is C.CCOc1cccn2c(C(=O)N[C@H]3CCN(C)C3)c(C)nc12. The first-order chi connectivity index (χ1) is 10.6. The molecule has 3 heterocycles. The largest absolute Gasteiger partial charge is 0.490 e. The highest BCUT2D eigenvalue weighted by Gasteiger charge is 2.24. The number of hydrogen-bond donors (Lipinski definition) is 1. The molecule has 0 bridgehead atoms. The minimum Gasteiger partial charge on any atom is -0.490 e. The fourth-order valence-corrected chi connectivity index (χ4v) is 3.00. The normalized spacial score (nSPS) is 18.0. The third-order valence-electron chi connectivity index (χ3n) is 4.03. The van der Waals surface area contributed by atoms with E-state index in [0.717, 1.165) is 25.2 Å². The van der Waals surface area contributed by atoms with E-state index < -0.39 is 0 Å². The number of likely N-dealkylation sites (N-methyl/N-ethyl adjacent to an activating group) is 1. The second-order valence-corrected chi connectivity index (χ2v) is 5.77. The molecule has 0 spiro atoms. The highest BCUT2D eigenvalue weighted by Crippen LogP contribution is 2.22. The van der Waals surface area contributed by atoms with Gasteiger partial charge in [0.25, 0.3) is 5.91 Å². The fourth-order valence-electron chi connectivity index (χ4n) is 3.00. The number of likely N-dealkylation sites (tertiary alicyclic amines) is 1. The Balaban J connectivity index is 0.00000192. The Morgan fingerprint density at radius 3 is 2.96 bits per heavy atom. The predicted molar refractivity (Wildman–Crippen MR) is 91.2 cm³/mol. The highest BCUT2D eigenvalue weighted by molar-refractivity contribution is 5.95. The van der Waals surface area contributed by atoms with Crippen LogP contribution in [-0.2, 0) is 0 Å². The van der Waals surface area contributed by atoms with E-state index in [1.165, 1.54) is 0 Å². The molecule has 0 aliphatic carbocycles. The quantitative estimate of drug-likeness (QED) is 0.938. The summed E-state index contributed by atoms with van der Waals surface area (Å²) in [6, 6.07) is 3.95. The van der Waals surface area contributed by atoms with E-state index in [2.05, 4.69) is 22.2 Å². The van der Waals surface area contributed by atoms with Crippen LogP contribution in [0.3, 0.4) is 0 Å². The first-order valence-corrected chi connectivity index (χ1v) is 7.70. The van der Waals surface area contributed by atoms with E-state index in [9.17, 15) is 4.79 Å². The fraction of sp³-hybridized carbons (Fsp3) is 0.529. The average Bonchev–Trinajstić information content (AvgIpc) is 3.02. The zero-order chi connectivity index (χ0) is 15.7. The van der Waals surface area contributed by atoms with E-state index in [-0.39, 0.29) is 19.4 Å². The topological polar surface area (TPSA) is 58.9 Å². The smallest absolute Gasteiger partial charge is 0.270 e. The molecular weight excluding hydrogens is 292 g/mol. The van der Waals surface area contributed by atoms with Crippen molar-refractivity contribution in [2.75, 3.05) is 26.7 Å². The van der Waals surface area contributed by atoms with Crippen LogP contribution < -0.4 is 10.1 Å². The van der Waals surface area contributed by atoms with Crippen LogP contribution in [0.15, 0.2) is 18.3 Å². The minimum absolute atomic E-state index is 0. The number of pyridine rings is 1. The van der Waals surface area contributed by atoms with E-state index in [1.807, 2.05) is 36.6 Å². The van der Waals surface area contributed by atoms with Crippen molar-refractivity contribution in [1.82, 2.24) is 19.6 Å². The summed E-state index contributed by atoms with van der Waals surface area (Å²) in [4.78, 5) is 19.4. The molecule has 1 amide bonds. The van der Waals surface area contributed by atoms with Gasteiger partial charge in [0, 0.05) is 18.8 Å². The molecule has 1 saturated heterocycles. The van der Waals surface area contributed by atoms with Crippen LogP contribution in [0.5, 0.6) is 5.75 Å². The van der Waals surface area contributed by atoms with Gasteiger partial charge in [-0.15, -0.1) is 0 Å². The summed E-state index contributed by atoms with van der Waals surface area (Å²) in [7, 11) is 2.07. The number of rotatable bonds is 4. The van der Waals surface area contributed by atoms with Crippen LogP contribution in [0.2, 0.25) is 0 Å². The maximum absolute atomic E-state index is 12.6. The van der Waals surface area contributed by atoms with Crippen LogP contribution in [0, 0.1) is 6.92 Å². The lowest BCUT2D eigenvalue weighted by atomic mass is 10.2. The number of carbonyl (C=O) groups excluding carboxylic acids is 1. The van der Waals surface area contributed by atoms with Gasteiger partial charge < -0.3 is 15.0 Å². The second-order valence-electron chi connectivity index (χ2n) is 5.77. The Bertz CT molecular complexity index is 695. The number of nitrogens with one attached hydrogen (secondary N) is 1. The standard InChI is InChI=1S/C16H22N4O2.CH4/c1-4-22-13-6-5-8-20-14(11(2)17-15(13)20)16(21)18-12-7-9-19(3)10-12;/h5-6,8,12H,4,7,9-10H2,1-3H3,(H,18,21);1H4/t12-;/m0./s1. The van der Waals surface area contributed by atoms with Gasteiger partial charge in [0.1, 0.15) is 5.69 Å². The van der Waals surface area contributed by atoms with Crippen LogP contribution in [-0.4, -0.2) is 53.0 Å². The summed E-state index contributed by atoms with van der Waals surface area (Å²) < 4.78 is 7.41. The number of fused-ring (bicyclic) bond motifs is 1. The van der Waals surface area contributed by atoms with Crippen LogP contribution in [0.4, 0.5) is 0 Å². The lowest BCUT2D eigenvalue weighted by Crippen LogP contribution is -2.37. The maximum atomic E-state index is 12.6. The number of aryl methyl sites for hydroxylation is 1. The maximum Gasteiger partial charge on any atom is 0.270 e. The van der Waals surface area contributed by atoms with Crippen molar-refractivity contribution in [3.8, 4) is 5.75 Å². The molecule has 2 aromatic rings. The summed E-state index contributed by atoms with van der Waals surface area (Å²) in [6.07, 6.45) is 2.84. The Morgan fingerprint density at radius 2 is 2.30 bits per heavy atom. The molecule has 1 fully saturated rings. The van der Waals surface area contributed by atoms with Crippen molar-refractivity contribution in [1.29, 1.82) is 0 Å². The molecule has 1 aliphatic heterocycles. The van der Waals surface area contributed by atoms with Gasteiger partial charge in [0.2, 0.25) is 0 Å². The molecule has 3 rings (SSSR count). The molecule has 23 heavy (non-hydrogen) atoms. The van der Waals surface area contributed by atoms with Gasteiger partial charge in [0.05, 0.1) is 12.3 Å². The molecule has 0 aromatic carbocycles. The Labute approximate surface area is 137 Å². The van der Waals surface area contributed by atoms with Crippen LogP contribution in [0.25, 0.3) is 5.65 Å². The van der Waals surface area contributed by atoms with Gasteiger partial charge in [-0.2, -0.15) is 0 Å². The Hall–Kier alpha value is -2.08. The number of hydrogen-bond acceptors (Lipinski definition) is 4. The lowest BCUT2D eigenvalue weighted by Gasteiger charge is -2.13. The second kappa shape index (κ2) is 7.00. The van der Waals surface area contributed by atoms with Crippen molar-refractivity contribution in [2.24, 2.45) is 0 Å². The molecule has 0 saturated carbocycles. The zero-order valence-electron chi connectivity index (χ0n) is 13.3. The molecule has 126 valence electrons. The molecule has 1 aliphatic rings. The first kappa shape index (κ1) is 17.3. The van der Waals surface area contributed by atoms with Crippen molar-refractivity contribution in [3.63, 3.8) is 0 Å². The molecule has 0 radical (unpaired) electrons. The van der Waals surface area contributed by atoms with Gasteiger partial charge in [-0.1, -0.05) is 7.43 Å². The summed E-state index contributed by atoms with van der Waals surface area (Å²) in [6.45, 7) is 6.28. The molecular formula is C17H26N4O2. The molecule has 1 N–H and O–H groups in total. The number of nitrogens with zero attached hydrogens (tertiary/aromatic N) is 3. The first-order valence-electron chi connectivity index (χ1n) is 7.70. The summed E-state index contributed by atoms with van der Waals surface area (Å²) in [5, 5.41) is 3.11. The monoisotopic (exact) mass is 318 g/mol. The summed E-state index contributed by atoms with van der Waals surface area (Å²) in [5.41, 5.74) is 2.00. The van der Waals surface area contributed by atoms with Crippen LogP contribution >= 0.6 is 0 Å². The van der Waals surface area contributed by atoms with Gasteiger partial charge in [-0.25, -0.2) is 4.98 Å². The van der Waals surface area contributed by atoms with Crippen molar-refractivity contribution >= 4 is 11.6 Å². The van der Waals surface area contributed by atoms with Crippen molar-refractivity contribution in [3.05, 3.63) is 29.7 Å². The lowest BCUT2D eigenvalue weighted by molar-refractivity contribution is 0.0932. The number of amides is 1. The average molecular weight is 318 g/mol. The Kier molecular flexibility index (Phi) is 5.26. The van der Waals surface area contributed by atoms with E-state index in [4.69, 9.17) is 4.74 Å². The zero-order valence-corrected chi connectivity index (χ0v) is 13.3. The summed E-state index contributed by atoms with van der Waals surface area (Å²) in [5.74, 6) is 0.631. The highest BCUT2D eigenvalue weighted by atomic mass is 16.5. The molecule has 6 nitrogen and oxygen atoms in total. The Morgan fingerprint density at radius 1 is 1.52 bits per heavy atom. The summed E-state index contributed by atoms with van der Waals surface area (Å²) >= 11 is 0. The molecule has 0 unspecified atom stereocenters. The minimum atomic E-state index is -0.0704. The van der Waals surface area contributed by atoms with E-state index in [0.29, 0.717) is 23.7 Å². The van der Waals surface area contributed by atoms with Crippen molar-refractivity contribution < 1.29 is 9.53 Å². The predicted octanol–water partition coefficient (Wildman–Crippen LogP) is 2.11. The number of ether oxygens (including phenoxy) is 1. The number of imidazole rings is 1. The molecule has 6 heteroatoms. The van der Waals surface area contributed by atoms with Gasteiger partial charge in [-0.05, 0) is 46.0 Å². The van der Waals surface area contributed by atoms with Crippen molar-refractivity contribution in [2.45, 2.75) is 33.7 Å². The van der Waals surface area contributed by atoms with Crippen LogP contribution in [0.1, 0.15) is 37.0 Å². The third kappa shape index (κ3) is 3.32. The van der Waals surface area contributed by atoms with Gasteiger partial charge >= 0.3 is 0 Å². The number of carbonyl (C=O) groups is 1. The third-order valence-corrected chi connectivity index (χ3v) is 4.03. The van der Waals surface area contributed by atoms with E-state index >= 15 is 0 Å². The van der Waals surface area contributed by atoms with Gasteiger partial charge in [0.15, 0.2) is 11.4 Å². The number of aromatic nitrogens is 2. The molecule has 1 atom stereocenters. The van der Waals surface area contributed by atoms with Gasteiger partial charge in [-0.3, -0.25) is 9.20 Å². The van der Waals surface area contributed by atoms with E-state index in [1.54, 1.807) is 0 Å².